The summed E-state index contributed by atoms with van der Waals surface area (Å²) < 4.78 is 10.7. The molecule has 0 saturated carbocycles. The lowest BCUT2D eigenvalue weighted by atomic mass is 10.1. The van der Waals surface area contributed by atoms with Gasteiger partial charge in [0.2, 0.25) is 0 Å². The first-order valence-electron chi connectivity index (χ1n) is 9.57. The summed E-state index contributed by atoms with van der Waals surface area (Å²) in [6.07, 6.45) is 4.21. The first kappa shape index (κ1) is 19.8. The van der Waals surface area contributed by atoms with Gasteiger partial charge in [-0.05, 0) is 55.7 Å². The van der Waals surface area contributed by atoms with Gasteiger partial charge in [-0.2, -0.15) is 0 Å². The third-order valence-corrected chi connectivity index (χ3v) is 4.94. The molecule has 0 spiro atoms. The summed E-state index contributed by atoms with van der Waals surface area (Å²) in [6, 6.07) is 9.03. The number of amides is 2. The zero-order valence-electron chi connectivity index (χ0n) is 16.7. The molecule has 1 aliphatic rings. The number of pyridine rings is 1. The summed E-state index contributed by atoms with van der Waals surface area (Å²) in [5, 5.41) is 5.87. The van der Waals surface area contributed by atoms with Gasteiger partial charge in [0.05, 0.1) is 20.3 Å². The van der Waals surface area contributed by atoms with Crippen LogP contribution in [0.25, 0.3) is 0 Å². The van der Waals surface area contributed by atoms with Crippen molar-refractivity contribution in [3.63, 3.8) is 0 Å². The molecule has 1 atom stereocenters. The standard InChI is InChI=1S/C21H28N4O3/c1-15(18-13-17(27-2)6-7-19(18)28-3)24-21(26)23-14-16-8-9-22-20(12-16)25-10-4-5-11-25/h6-9,12-13,15H,4-5,10-11,14H2,1-3H3,(H2,23,24,26). The second kappa shape index (κ2) is 9.30. The Morgan fingerprint density at radius 2 is 1.96 bits per heavy atom. The minimum atomic E-state index is -0.239. The molecule has 1 aromatic heterocycles. The molecule has 0 aliphatic carbocycles. The van der Waals surface area contributed by atoms with Crippen molar-refractivity contribution in [3.8, 4) is 11.5 Å². The van der Waals surface area contributed by atoms with Crippen LogP contribution in [0, 0.1) is 0 Å². The number of nitrogens with zero attached hydrogens (tertiary/aromatic N) is 2. The first-order valence-corrected chi connectivity index (χ1v) is 9.57. The van der Waals surface area contributed by atoms with Crippen LogP contribution >= 0.6 is 0 Å². The van der Waals surface area contributed by atoms with Crippen LogP contribution in [0.4, 0.5) is 10.6 Å². The highest BCUT2D eigenvalue weighted by molar-refractivity contribution is 5.74. The van der Waals surface area contributed by atoms with Gasteiger partial charge < -0.3 is 25.0 Å². The number of aromatic nitrogens is 1. The predicted octanol–water partition coefficient (Wildman–Crippen LogP) is 3.26. The zero-order valence-corrected chi connectivity index (χ0v) is 16.7. The van der Waals surface area contributed by atoms with Crippen LogP contribution < -0.4 is 25.0 Å². The highest BCUT2D eigenvalue weighted by Gasteiger charge is 2.16. The van der Waals surface area contributed by atoms with E-state index in [1.165, 1.54) is 12.8 Å². The van der Waals surface area contributed by atoms with E-state index >= 15 is 0 Å². The number of carbonyl (C=O) groups is 1. The lowest BCUT2D eigenvalue weighted by Gasteiger charge is -2.19. The van der Waals surface area contributed by atoms with Gasteiger partial charge in [0.1, 0.15) is 17.3 Å². The van der Waals surface area contributed by atoms with E-state index in [2.05, 4.69) is 20.5 Å². The summed E-state index contributed by atoms with van der Waals surface area (Å²) in [5.74, 6) is 2.40. The summed E-state index contributed by atoms with van der Waals surface area (Å²) in [6.45, 7) is 4.44. The van der Waals surface area contributed by atoms with Gasteiger partial charge in [0, 0.05) is 31.4 Å². The Bertz CT molecular complexity index is 806. The molecular weight excluding hydrogens is 356 g/mol. The molecule has 1 aliphatic heterocycles. The van der Waals surface area contributed by atoms with Crippen molar-refractivity contribution >= 4 is 11.8 Å². The van der Waals surface area contributed by atoms with E-state index in [1.54, 1.807) is 20.4 Å². The van der Waals surface area contributed by atoms with E-state index in [4.69, 9.17) is 9.47 Å². The molecule has 7 nitrogen and oxygen atoms in total. The topological polar surface area (TPSA) is 75.7 Å². The Morgan fingerprint density at radius 3 is 2.68 bits per heavy atom. The number of urea groups is 1. The molecule has 7 heteroatoms. The van der Waals surface area contributed by atoms with Gasteiger partial charge in [0.25, 0.3) is 0 Å². The number of anilines is 1. The molecule has 3 rings (SSSR count). The molecule has 2 heterocycles. The van der Waals surface area contributed by atoms with Crippen molar-refractivity contribution in [1.82, 2.24) is 15.6 Å². The molecule has 0 bridgehead atoms. The molecule has 150 valence electrons. The van der Waals surface area contributed by atoms with Crippen molar-refractivity contribution in [1.29, 1.82) is 0 Å². The zero-order chi connectivity index (χ0) is 19.9. The summed E-state index contributed by atoms with van der Waals surface area (Å²) in [5.41, 5.74) is 1.89. The van der Waals surface area contributed by atoms with Crippen LogP contribution in [-0.2, 0) is 6.54 Å². The van der Waals surface area contributed by atoms with Crippen LogP contribution in [0.1, 0.15) is 36.9 Å². The fourth-order valence-electron chi connectivity index (χ4n) is 3.38. The van der Waals surface area contributed by atoms with E-state index in [9.17, 15) is 4.79 Å². The molecule has 0 radical (unpaired) electrons. The summed E-state index contributed by atoms with van der Waals surface area (Å²) in [7, 11) is 3.22. The minimum absolute atomic E-state index is 0.234. The lowest BCUT2D eigenvalue weighted by molar-refractivity contribution is 0.237. The molecule has 2 amide bonds. The Balaban J connectivity index is 1.58. The molecule has 1 unspecified atom stereocenters. The normalized spacial score (nSPS) is 14.5. The highest BCUT2D eigenvalue weighted by atomic mass is 16.5. The van der Waals surface area contributed by atoms with Crippen molar-refractivity contribution in [2.75, 3.05) is 32.2 Å². The number of hydrogen-bond donors (Lipinski definition) is 2. The van der Waals surface area contributed by atoms with Gasteiger partial charge in [-0.25, -0.2) is 9.78 Å². The maximum atomic E-state index is 12.4. The SMILES string of the molecule is COc1ccc(OC)c(C(C)NC(=O)NCc2ccnc(N3CCCC3)c2)c1. The fraction of sp³-hybridized carbons (Fsp3) is 0.429. The van der Waals surface area contributed by atoms with E-state index < -0.39 is 0 Å². The fourth-order valence-corrected chi connectivity index (χ4v) is 3.38. The van der Waals surface area contributed by atoms with Gasteiger partial charge in [-0.3, -0.25) is 0 Å². The van der Waals surface area contributed by atoms with E-state index in [1.807, 2.05) is 37.3 Å². The Kier molecular flexibility index (Phi) is 6.57. The van der Waals surface area contributed by atoms with Crippen LogP contribution in [0.2, 0.25) is 0 Å². The van der Waals surface area contributed by atoms with Crippen LogP contribution in [0.15, 0.2) is 36.5 Å². The second-order valence-electron chi connectivity index (χ2n) is 6.87. The second-order valence-corrected chi connectivity index (χ2v) is 6.87. The molecule has 1 aromatic carbocycles. The number of benzene rings is 1. The average Bonchev–Trinajstić information content (AvgIpc) is 3.27. The first-order chi connectivity index (χ1) is 13.6. The van der Waals surface area contributed by atoms with Gasteiger partial charge in [0.15, 0.2) is 0 Å². The van der Waals surface area contributed by atoms with Crippen LogP contribution in [0.3, 0.4) is 0 Å². The monoisotopic (exact) mass is 384 g/mol. The largest absolute Gasteiger partial charge is 0.497 e. The van der Waals surface area contributed by atoms with E-state index in [-0.39, 0.29) is 12.1 Å². The molecule has 2 aromatic rings. The number of nitrogens with one attached hydrogen (secondary N) is 2. The van der Waals surface area contributed by atoms with Crippen molar-refractivity contribution in [2.45, 2.75) is 32.4 Å². The third-order valence-electron chi connectivity index (χ3n) is 4.94. The quantitative estimate of drug-likeness (QED) is 0.766. The lowest BCUT2D eigenvalue weighted by Crippen LogP contribution is -2.36. The molecular formula is C21H28N4O3. The highest BCUT2D eigenvalue weighted by Crippen LogP contribution is 2.29. The number of hydrogen-bond acceptors (Lipinski definition) is 5. The van der Waals surface area contributed by atoms with Crippen LogP contribution in [-0.4, -0.2) is 38.3 Å². The van der Waals surface area contributed by atoms with Gasteiger partial charge >= 0.3 is 6.03 Å². The number of rotatable bonds is 7. The number of ether oxygens (including phenoxy) is 2. The van der Waals surface area contributed by atoms with E-state index in [0.29, 0.717) is 12.3 Å². The molecule has 1 fully saturated rings. The van der Waals surface area contributed by atoms with Crippen molar-refractivity contribution in [2.24, 2.45) is 0 Å². The number of carbonyl (C=O) groups excluding carboxylic acids is 1. The van der Waals surface area contributed by atoms with Gasteiger partial charge in [-0.1, -0.05) is 0 Å². The smallest absolute Gasteiger partial charge is 0.315 e. The van der Waals surface area contributed by atoms with E-state index in [0.717, 1.165) is 35.8 Å². The van der Waals surface area contributed by atoms with Crippen molar-refractivity contribution < 1.29 is 14.3 Å². The Labute approximate surface area is 166 Å². The maximum Gasteiger partial charge on any atom is 0.315 e. The average molecular weight is 384 g/mol. The summed E-state index contributed by atoms with van der Waals surface area (Å²) in [4.78, 5) is 19.1. The van der Waals surface area contributed by atoms with Crippen LogP contribution in [0.5, 0.6) is 11.5 Å². The Hall–Kier alpha value is -2.96. The molecule has 1 saturated heterocycles. The maximum absolute atomic E-state index is 12.4. The van der Waals surface area contributed by atoms with Crippen molar-refractivity contribution in [3.05, 3.63) is 47.7 Å². The minimum Gasteiger partial charge on any atom is -0.497 e. The third kappa shape index (κ3) is 4.85. The van der Waals surface area contributed by atoms with Gasteiger partial charge in [-0.15, -0.1) is 0 Å². The summed E-state index contributed by atoms with van der Waals surface area (Å²) >= 11 is 0. The molecule has 28 heavy (non-hydrogen) atoms. The number of methoxy groups -OCH3 is 2. The molecule has 2 N–H and O–H groups in total. The Morgan fingerprint density at radius 1 is 1.18 bits per heavy atom. The predicted molar refractivity (Wildman–Crippen MR) is 109 cm³/mol.